The first-order chi connectivity index (χ1) is 23.0. The number of allylic oxidation sites excluding steroid dienone is 8. The van der Waals surface area contributed by atoms with E-state index in [1.54, 1.807) is 0 Å². The van der Waals surface area contributed by atoms with E-state index in [2.05, 4.69) is 56.4 Å². The van der Waals surface area contributed by atoms with Crippen molar-refractivity contribution < 1.29 is 42.1 Å². The minimum absolute atomic E-state index is 0.0403. The fourth-order valence-corrected chi connectivity index (χ4v) is 5.14. The van der Waals surface area contributed by atoms with Gasteiger partial charge in [0, 0.05) is 12.8 Å². The molecule has 278 valence electrons. The number of rotatable bonds is 32. The van der Waals surface area contributed by atoms with E-state index in [1.807, 2.05) is 27.2 Å². The van der Waals surface area contributed by atoms with Crippen LogP contribution in [0.25, 0.3) is 0 Å². The van der Waals surface area contributed by atoms with Gasteiger partial charge in [-0.2, -0.15) is 0 Å². The Hall–Kier alpha value is -2.03. The van der Waals surface area contributed by atoms with Crippen LogP contribution in [0, 0.1) is 0 Å². The maximum atomic E-state index is 12.5. The van der Waals surface area contributed by atoms with E-state index >= 15 is 0 Å². The summed E-state index contributed by atoms with van der Waals surface area (Å²) >= 11 is 0. The molecule has 0 N–H and O–H groups in total. The smallest absolute Gasteiger partial charge is 0.306 e. The summed E-state index contributed by atoms with van der Waals surface area (Å²) in [6, 6.07) is 0. The van der Waals surface area contributed by atoms with Crippen LogP contribution in [0.2, 0.25) is 0 Å². The largest absolute Gasteiger partial charge is 0.756 e. The number of likely N-dealkylation sites (N-methyl/N-ethyl adjacent to an activating group) is 1. The van der Waals surface area contributed by atoms with Crippen LogP contribution < -0.4 is 4.89 Å². The molecule has 0 heterocycles. The van der Waals surface area contributed by atoms with Gasteiger partial charge in [-0.15, -0.1) is 0 Å². The first kappa shape index (κ1) is 46.0. The SMILES string of the molecule is CCCCC/C=C/C/C=C/C/C=C/C/C=C/CCCC(=O)OC[C@@H](COP(=O)([O-])OCC[N+](C)(C)C)OC(=O)CCCCCCCCC. The molecular formula is C38H68NO8P. The summed E-state index contributed by atoms with van der Waals surface area (Å²) in [5, 5.41) is 0. The molecule has 0 aromatic carbocycles. The number of nitrogens with zero attached hydrogens (tertiary/aromatic N) is 1. The molecule has 0 aromatic rings. The molecule has 0 fully saturated rings. The van der Waals surface area contributed by atoms with Crippen molar-refractivity contribution in [3.8, 4) is 0 Å². The third-order valence-corrected chi connectivity index (χ3v) is 8.32. The summed E-state index contributed by atoms with van der Waals surface area (Å²) in [5.41, 5.74) is 0. The van der Waals surface area contributed by atoms with Crippen LogP contribution in [0.1, 0.15) is 129 Å². The van der Waals surface area contributed by atoms with E-state index < -0.39 is 32.5 Å². The minimum atomic E-state index is -4.62. The van der Waals surface area contributed by atoms with Crippen molar-refractivity contribution in [2.45, 2.75) is 136 Å². The molecule has 0 rings (SSSR count). The molecule has 2 atom stereocenters. The van der Waals surface area contributed by atoms with Crippen LogP contribution in [0.5, 0.6) is 0 Å². The Labute approximate surface area is 293 Å². The molecule has 0 aliphatic rings. The molecule has 0 amide bonds. The predicted molar refractivity (Wildman–Crippen MR) is 194 cm³/mol. The summed E-state index contributed by atoms with van der Waals surface area (Å²) in [6.07, 6.45) is 33.1. The normalized spacial score (nSPS) is 14.4. The van der Waals surface area contributed by atoms with Gasteiger partial charge in [0.2, 0.25) is 0 Å². The first-order valence-corrected chi connectivity index (χ1v) is 19.8. The third-order valence-electron chi connectivity index (χ3n) is 7.35. The van der Waals surface area contributed by atoms with Gasteiger partial charge in [0.05, 0.1) is 27.7 Å². The molecule has 0 bridgehead atoms. The van der Waals surface area contributed by atoms with Crippen LogP contribution in [0.4, 0.5) is 0 Å². The van der Waals surface area contributed by atoms with Crippen molar-refractivity contribution in [2.24, 2.45) is 0 Å². The van der Waals surface area contributed by atoms with Crippen molar-refractivity contribution in [3.63, 3.8) is 0 Å². The van der Waals surface area contributed by atoms with Gasteiger partial charge in [-0.05, 0) is 51.4 Å². The summed E-state index contributed by atoms with van der Waals surface area (Å²) in [6.45, 7) is 4.05. The number of phosphoric acid groups is 1. The Morgan fingerprint density at radius 3 is 1.73 bits per heavy atom. The highest BCUT2D eigenvalue weighted by molar-refractivity contribution is 7.45. The zero-order valence-electron chi connectivity index (χ0n) is 30.9. The summed E-state index contributed by atoms with van der Waals surface area (Å²) in [7, 11) is 1.13. The molecule has 0 saturated carbocycles. The van der Waals surface area contributed by atoms with E-state index in [-0.39, 0.29) is 26.1 Å². The molecule has 9 nitrogen and oxygen atoms in total. The van der Waals surface area contributed by atoms with Crippen molar-refractivity contribution in [1.29, 1.82) is 0 Å². The number of hydrogen-bond donors (Lipinski definition) is 0. The first-order valence-electron chi connectivity index (χ1n) is 18.3. The Balaban J connectivity index is 4.48. The van der Waals surface area contributed by atoms with Gasteiger partial charge < -0.3 is 27.9 Å². The lowest BCUT2D eigenvalue weighted by molar-refractivity contribution is -0.870. The molecule has 48 heavy (non-hydrogen) atoms. The predicted octanol–water partition coefficient (Wildman–Crippen LogP) is 8.94. The molecule has 0 aromatic heterocycles. The van der Waals surface area contributed by atoms with E-state index in [1.165, 1.54) is 44.9 Å². The second-order valence-corrected chi connectivity index (χ2v) is 14.6. The number of carbonyl (C=O) groups excluding carboxylic acids is 2. The molecule has 0 aliphatic heterocycles. The quantitative estimate of drug-likeness (QED) is 0.0225. The standard InChI is InChI=1S/C38H68NO8P/c1-6-8-10-12-14-15-16-17-18-19-20-21-22-23-25-26-28-30-37(40)44-34-36(35-46-48(42,43)45-33-32-39(3,4)5)47-38(41)31-29-27-24-13-11-9-7-2/h14-15,17-18,20-21,23,25,36H,6-13,16,19,22,24,26-35H2,1-5H3/b15-14+,18-17+,21-20+,25-23+/t36-/m0/s1. The number of phosphoric ester groups is 1. The molecule has 1 unspecified atom stereocenters. The Morgan fingerprint density at radius 2 is 1.15 bits per heavy atom. The Bertz CT molecular complexity index is 970. The Morgan fingerprint density at radius 1 is 0.646 bits per heavy atom. The summed E-state index contributed by atoms with van der Waals surface area (Å²) < 4.78 is 33.5. The van der Waals surface area contributed by atoms with Crippen molar-refractivity contribution in [2.75, 3.05) is 47.5 Å². The van der Waals surface area contributed by atoms with Crippen LogP contribution in [-0.4, -0.2) is 70.0 Å². The van der Waals surface area contributed by atoms with Gasteiger partial charge >= 0.3 is 11.9 Å². The number of unbranched alkanes of at least 4 members (excludes halogenated alkanes) is 10. The fourth-order valence-electron chi connectivity index (χ4n) is 4.41. The third kappa shape index (κ3) is 33.9. The van der Waals surface area contributed by atoms with E-state index in [9.17, 15) is 19.0 Å². The lowest BCUT2D eigenvalue weighted by Gasteiger charge is -2.28. The van der Waals surface area contributed by atoms with E-state index in [0.717, 1.165) is 44.9 Å². The van der Waals surface area contributed by atoms with Gasteiger partial charge in [0.25, 0.3) is 7.82 Å². The fraction of sp³-hybridized carbons (Fsp3) is 0.737. The highest BCUT2D eigenvalue weighted by Gasteiger charge is 2.21. The van der Waals surface area contributed by atoms with Crippen molar-refractivity contribution in [3.05, 3.63) is 48.6 Å². The average Bonchev–Trinajstić information content (AvgIpc) is 3.02. The van der Waals surface area contributed by atoms with Crippen LogP contribution >= 0.6 is 7.82 Å². The maximum absolute atomic E-state index is 12.5. The van der Waals surface area contributed by atoms with E-state index in [4.69, 9.17) is 18.5 Å². The van der Waals surface area contributed by atoms with Gasteiger partial charge in [0.15, 0.2) is 6.10 Å². The van der Waals surface area contributed by atoms with Crippen molar-refractivity contribution >= 4 is 19.8 Å². The second kappa shape index (κ2) is 31.0. The number of ether oxygens (including phenoxy) is 2. The molecular weight excluding hydrogens is 629 g/mol. The lowest BCUT2D eigenvalue weighted by Crippen LogP contribution is -2.37. The van der Waals surface area contributed by atoms with Crippen LogP contribution in [-0.2, 0) is 32.7 Å². The van der Waals surface area contributed by atoms with Crippen LogP contribution in [0.15, 0.2) is 48.6 Å². The zero-order chi connectivity index (χ0) is 35.8. The number of hydrogen-bond acceptors (Lipinski definition) is 8. The topological polar surface area (TPSA) is 111 Å². The monoisotopic (exact) mass is 697 g/mol. The maximum Gasteiger partial charge on any atom is 0.306 e. The van der Waals surface area contributed by atoms with Gasteiger partial charge in [-0.1, -0.05) is 114 Å². The summed E-state index contributed by atoms with van der Waals surface area (Å²) in [5.74, 6) is -0.913. The lowest BCUT2D eigenvalue weighted by atomic mass is 10.1. The van der Waals surface area contributed by atoms with Gasteiger partial charge in [0.1, 0.15) is 19.8 Å². The number of quaternary nitrogens is 1. The van der Waals surface area contributed by atoms with Crippen molar-refractivity contribution in [1.82, 2.24) is 0 Å². The van der Waals surface area contributed by atoms with E-state index in [0.29, 0.717) is 23.9 Å². The molecule has 10 heteroatoms. The van der Waals surface area contributed by atoms with Crippen LogP contribution in [0.3, 0.4) is 0 Å². The summed E-state index contributed by atoms with van der Waals surface area (Å²) in [4.78, 5) is 37.1. The average molecular weight is 698 g/mol. The highest BCUT2D eigenvalue weighted by atomic mass is 31.2. The minimum Gasteiger partial charge on any atom is -0.756 e. The molecule has 0 spiro atoms. The zero-order valence-corrected chi connectivity index (χ0v) is 31.8. The number of carbonyl (C=O) groups is 2. The molecule has 0 radical (unpaired) electrons. The second-order valence-electron chi connectivity index (χ2n) is 13.2. The molecule has 0 saturated heterocycles. The number of esters is 2. The highest BCUT2D eigenvalue weighted by Crippen LogP contribution is 2.38. The van der Waals surface area contributed by atoms with Gasteiger partial charge in [-0.25, -0.2) is 0 Å². The Kier molecular flexibility index (Phi) is 29.7. The van der Waals surface area contributed by atoms with Gasteiger partial charge in [-0.3, -0.25) is 14.2 Å². The molecule has 0 aliphatic carbocycles.